The van der Waals surface area contributed by atoms with Crippen LogP contribution in [0.5, 0.6) is 0 Å². The predicted molar refractivity (Wildman–Crippen MR) is 268 cm³/mol. The Morgan fingerprint density at radius 1 is 0.508 bits per heavy atom. The van der Waals surface area contributed by atoms with Gasteiger partial charge in [0.1, 0.15) is 0 Å². The fraction of sp³-hybridized carbons (Fsp3) is 0.407. The molecule has 0 bridgehead atoms. The van der Waals surface area contributed by atoms with E-state index in [1.165, 1.54) is 169 Å². The standard InChI is InChI=1S/2C26H31.C2H4Si.4ClH.2Zr/c2*1-20-11-13-22(14-12-20)24-10-8-9-23-17-21(18-25(23)24)19-26(2)15-6-4-3-5-7-16-26;1-3-2;;;;;;/h2*8-14,17-18H,3-7,15-16,19H2,1-2H3;1-2H2;4*1H;;/q2*-1;-2;;;;;2*+4/p-4. The molecule has 7 heteroatoms. The summed E-state index contributed by atoms with van der Waals surface area (Å²) in [5, 5.41) is 5.63. The summed E-state index contributed by atoms with van der Waals surface area (Å²) in [4.78, 5) is 0. The van der Waals surface area contributed by atoms with Crippen molar-refractivity contribution in [1.29, 1.82) is 0 Å². The van der Waals surface area contributed by atoms with Crippen LogP contribution in [0.2, 0.25) is 0 Å². The van der Waals surface area contributed by atoms with E-state index in [1.54, 1.807) is 0 Å². The van der Waals surface area contributed by atoms with Crippen molar-refractivity contribution >= 4 is 65.1 Å². The van der Waals surface area contributed by atoms with Gasteiger partial charge >= 0.3 is 75.7 Å². The van der Waals surface area contributed by atoms with Gasteiger partial charge in [-0.15, -0.1) is 69.1 Å². The monoisotopic (exact) mass is 1060 g/mol. The molecule has 6 aromatic rings. The maximum atomic E-state index is 4.93. The van der Waals surface area contributed by atoms with E-state index >= 15 is 0 Å². The van der Waals surface area contributed by atoms with Crippen LogP contribution >= 0.6 is 34.1 Å². The van der Waals surface area contributed by atoms with Crippen LogP contribution in [0, 0.1) is 37.8 Å². The second-order valence-electron chi connectivity index (χ2n) is 18.0. The van der Waals surface area contributed by atoms with Gasteiger partial charge in [0, 0.05) is 0 Å². The van der Waals surface area contributed by atoms with Crippen molar-refractivity contribution in [3.63, 3.8) is 0 Å². The van der Waals surface area contributed by atoms with Gasteiger partial charge in [0.25, 0.3) is 0 Å². The number of aryl methyl sites for hydroxylation is 2. The maximum absolute atomic E-state index is 4.93. The van der Waals surface area contributed by atoms with Gasteiger partial charge in [0.2, 0.25) is 0 Å². The molecule has 0 N–H and O–H groups in total. The van der Waals surface area contributed by atoms with E-state index in [4.69, 9.17) is 34.1 Å². The quantitative estimate of drug-likeness (QED) is 0.115. The Morgan fingerprint density at radius 3 is 1.11 bits per heavy atom. The Kier molecular flexibility index (Phi) is 24.5. The average Bonchev–Trinajstić information content (AvgIpc) is 3.83. The Balaban J connectivity index is 0.000000225. The first-order valence-electron chi connectivity index (χ1n) is 22.2. The Bertz CT molecular complexity index is 1950. The van der Waals surface area contributed by atoms with Crippen molar-refractivity contribution in [2.75, 3.05) is 0 Å². The van der Waals surface area contributed by atoms with E-state index in [0.717, 1.165) is 0 Å². The molecular formula is C54H66Cl4SiZr2. The number of benzene rings is 4. The van der Waals surface area contributed by atoms with Crippen LogP contribution in [0.3, 0.4) is 0 Å². The minimum atomic E-state index is -0.826. The molecule has 0 unspecified atom stereocenters. The van der Waals surface area contributed by atoms with Gasteiger partial charge in [-0.1, -0.05) is 161 Å². The second-order valence-corrected chi connectivity index (χ2v) is 25.9. The first-order chi connectivity index (χ1) is 29.5. The SMILES string of the molecule is Cc1ccc(-c2cccc3[cH-]c(CC4(C)CCCCCCC4)cc23)cc1.Cc1ccc(-c2cccc3[cH-]c(CC4(C)CCCCCCC4)cc23)cc1.[CH2-][Si][CH2-].[Cl][Zr+2][Cl].[Cl][Zr+2][Cl]. The molecule has 0 aliphatic heterocycles. The van der Waals surface area contributed by atoms with E-state index < -0.39 is 41.7 Å². The third kappa shape index (κ3) is 17.5. The molecule has 8 rings (SSSR count). The molecule has 0 saturated heterocycles. The number of halogens is 4. The Morgan fingerprint density at radius 2 is 0.803 bits per heavy atom. The summed E-state index contributed by atoms with van der Waals surface area (Å²) in [6, 6.07) is 41.2. The minimum absolute atomic E-state index is 0.481. The van der Waals surface area contributed by atoms with Gasteiger partial charge in [-0.25, -0.2) is 0 Å². The van der Waals surface area contributed by atoms with Gasteiger partial charge < -0.3 is 22.6 Å². The number of hydrogen-bond acceptors (Lipinski definition) is 0. The molecule has 6 aromatic carbocycles. The summed E-state index contributed by atoms with van der Waals surface area (Å²) >= 11 is -1.65. The molecule has 0 nitrogen and oxygen atoms in total. The van der Waals surface area contributed by atoms with E-state index in [-0.39, 0.29) is 0 Å². The molecule has 0 heterocycles. The van der Waals surface area contributed by atoms with Crippen molar-refractivity contribution in [2.45, 2.75) is 130 Å². The third-order valence-electron chi connectivity index (χ3n) is 12.7. The van der Waals surface area contributed by atoms with E-state index in [9.17, 15) is 0 Å². The van der Waals surface area contributed by atoms with Crippen LogP contribution in [-0.2, 0) is 54.5 Å². The predicted octanol–water partition coefficient (Wildman–Crippen LogP) is 18.7. The van der Waals surface area contributed by atoms with Gasteiger partial charge in [0.15, 0.2) is 0 Å². The first kappa shape index (κ1) is 52.9. The zero-order valence-electron chi connectivity index (χ0n) is 37.1. The van der Waals surface area contributed by atoms with Crippen molar-refractivity contribution in [2.24, 2.45) is 10.8 Å². The van der Waals surface area contributed by atoms with Crippen LogP contribution in [0.1, 0.15) is 126 Å². The van der Waals surface area contributed by atoms with Crippen molar-refractivity contribution in [1.82, 2.24) is 0 Å². The van der Waals surface area contributed by atoms with E-state index in [0.29, 0.717) is 20.3 Å². The Labute approximate surface area is 410 Å². The summed E-state index contributed by atoms with van der Waals surface area (Å²) in [6.07, 6.45) is 22.2. The third-order valence-corrected chi connectivity index (χ3v) is 12.7. The molecule has 0 aromatic heterocycles. The van der Waals surface area contributed by atoms with E-state index in [1.807, 2.05) is 0 Å². The van der Waals surface area contributed by atoms with Crippen LogP contribution in [0.25, 0.3) is 43.8 Å². The van der Waals surface area contributed by atoms with Crippen LogP contribution in [0.15, 0.2) is 109 Å². The Hall–Kier alpha value is -0.757. The van der Waals surface area contributed by atoms with Crippen molar-refractivity contribution in [3.05, 3.63) is 145 Å². The molecular weight excluding hydrogens is 1000 g/mol. The summed E-state index contributed by atoms with van der Waals surface area (Å²) in [5.74, 6) is 0. The number of rotatable bonds is 6. The molecule has 0 atom stereocenters. The first-order valence-corrected chi connectivity index (χ1v) is 36.3. The number of fused-ring (bicyclic) bond motifs is 2. The zero-order chi connectivity index (χ0) is 44.1. The second kappa shape index (κ2) is 28.3. The average molecular weight is 1070 g/mol. The van der Waals surface area contributed by atoms with Crippen LogP contribution < -0.4 is 0 Å². The molecule has 0 spiro atoms. The van der Waals surface area contributed by atoms with Crippen molar-refractivity contribution in [3.8, 4) is 22.3 Å². The summed E-state index contributed by atoms with van der Waals surface area (Å²) < 4.78 is 0. The van der Waals surface area contributed by atoms with Gasteiger partial charge in [-0.05, 0) is 74.3 Å². The molecule has 2 fully saturated rings. The van der Waals surface area contributed by atoms with Gasteiger partial charge in [0.05, 0.1) is 0 Å². The van der Waals surface area contributed by atoms with E-state index in [2.05, 4.69) is 150 Å². The molecule has 2 aliphatic carbocycles. The van der Waals surface area contributed by atoms with Crippen LogP contribution in [0.4, 0.5) is 0 Å². The molecule has 0 amide bonds. The summed E-state index contributed by atoms with van der Waals surface area (Å²) in [7, 11) is 20.3. The normalized spacial score (nSPS) is 15.8. The fourth-order valence-electron chi connectivity index (χ4n) is 9.62. The molecule has 2 aliphatic rings. The molecule has 61 heavy (non-hydrogen) atoms. The summed E-state index contributed by atoms with van der Waals surface area (Å²) in [6.45, 7) is 16.2. The summed E-state index contributed by atoms with van der Waals surface area (Å²) in [5.41, 5.74) is 12.1. The van der Waals surface area contributed by atoms with Gasteiger partial charge in [-0.3, -0.25) is 0 Å². The molecule has 2 saturated carbocycles. The fourth-order valence-corrected chi connectivity index (χ4v) is 9.62. The molecule has 2 radical (unpaired) electrons. The number of hydrogen-bond donors (Lipinski definition) is 0. The van der Waals surface area contributed by atoms with Gasteiger partial charge in [-0.2, -0.15) is 12.1 Å². The molecule has 322 valence electrons. The zero-order valence-corrected chi connectivity index (χ0v) is 46.1. The topological polar surface area (TPSA) is 0 Å². The van der Waals surface area contributed by atoms with Crippen LogP contribution in [-0.4, -0.2) is 9.52 Å². The van der Waals surface area contributed by atoms with Crippen molar-refractivity contribution < 1.29 is 41.7 Å².